The third-order valence-corrected chi connectivity index (χ3v) is 4.45. The van der Waals surface area contributed by atoms with Gasteiger partial charge in [-0.2, -0.15) is 5.26 Å². The minimum Gasteiger partial charge on any atom is -0.443 e. The Morgan fingerprint density at radius 1 is 1.03 bits per heavy atom. The van der Waals surface area contributed by atoms with Crippen molar-refractivity contribution in [2.75, 3.05) is 9.80 Å². The number of anilines is 3. The Bertz CT molecular complexity index is 1080. The summed E-state index contributed by atoms with van der Waals surface area (Å²) in [7, 11) is 0. The van der Waals surface area contributed by atoms with Gasteiger partial charge in [0.2, 0.25) is 0 Å². The van der Waals surface area contributed by atoms with Crippen LogP contribution < -0.4 is 9.80 Å². The smallest absolute Gasteiger partial charge is 0.420 e. The van der Waals surface area contributed by atoms with E-state index in [2.05, 4.69) is 11.1 Å². The lowest BCUT2D eigenvalue weighted by molar-refractivity contribution is 0.0571. The Labute approximate surface area is 188 Å². The number of aromatic nitrogens is 1. The minimum absolute atomic E-state index is 0.139. The molecule has 0 bridgehead atoms. The number of carbonyl (C=O) groups excluding carboxylic acids is 2. The molecule has 1 aliphatic rings. The number of benzene rings is 1. The monoisotopic (exact) mass is 436 g/mol. The van der Waals surface area contributed by atoms with Gasteiger partial charge in [-0.05, 0) is 65.3 Å². The van der Waals surface area contributed by atoms with E-state index in [1.807, 2.05) is 0 Å². The van der Waals surface area contributed by atoms with Crippen molar-refractivity contribution < 1.29 is 19.1 Å². The molecule has 1 aliphatic heterocycles. The summed E-state index contributed by atoms with van der Waals surface area (Å²) in [6.45, 7) is 10.9. The van der Waals surface area contributed by atoms with E-state index in [9.17, 15) is 9.59 Å². The summed E-state index contributed by atoms with van der Waals surface area (Å²) in [4.78, 5) is 33.7. The van der Waals surface area contributed by atoms with E-state index in [0.29, 0.717) is 28.3 Å². The SMILES string of the molecule is CC(C)(C)OC(=O)N1Cc2cccnc2N(C(=O)OC(C)(C)C)c2ccc(CC#N)cc21. The molecule has 0 saturated heterocycles. The van der Waals surface area contributed by atoms with Gasteiger partial charge in [0, 0.05) is 11.8 Å². The van der Waals surface area contributed by atoms with Gasteiger partial charge in [-0.25, -0.2) is 19.5 Å². The van der Waals surface area contributed by atoms with E-state index in [0.717, 1.165) is 0 Å². The highest BCUT2D eigenvalue weighted by Crippen LogP contribution is 2.41. The Morgan fingerprint density at radius 3 is 2.31 bits per heavy atom. The van der Waals surface area contributed by atoms with E-state index in [4.69, 9.17) is 14.7 Å². The molecule has 0 N–H and O–H groups in total. The van der Waals surface area contributed by atoms with Gasteiger partial charge in [0.25, 0.3) is 0 Å². The third-order valence-electron chi connectivity index (χ3n) is 4.45. The van der Waals surface area contributed by atoms with Gasteiger partial charge in [-0.15, -0.1) is 0 Å². The van der Waals surface area contributed by atoms with Gasteiger partial charge in [0.1, 0.15) is 17.0 Å². The van der Waals surface area contributed by atoms with Gasteiger partial charge in [0.15, 0.2) is 0 Å². The first-order valence-electron chi connectivity index (χ1n) is 10.4. The predicted octanol–water partition coefficient (Wildman–Crippen LogP) is 5.48. The van der Waals surface area contributed by atoms with Crippen molar-refractivity contribution in [2.45, 2.75) is 65.7 Å². The van der Waals surface area contributed by atoms with Crippen molar-refractivity contribution in [3.63, 3.8) is 0 Å². The first-order valence-corrected chi connectivity index (χ1v) is 10.4. The molecule has 168 valence electrons. The number of nitrogens with zero attached hydrogens (tertiary/aromatic N) is 4. The zero-order chi connectivity index (χ0) is 23.7. The number of ether oxygens (including phenoxy) is 2. The number of hydrogen-bond acceptors (Lipinski definition) is 6. The number of pyridine rings is 1. The van der Waals surface area contributed by atoms with Crippen molar-refractivity contribution >= 4 is 29.4 Å². The summed E-state index contributed by atoms with van der Waals surface area (Å²) >= 11 is 0. The molecule has 0 aliphatic carbocycles. The van der Waals surface area contributed by atoms with Crippen LogP contribution in [0.2, 0.25) is 0 Å². The highest BCUT2D eigenvalue weighted by atomic mass is 16.6. The van der Waals surface area contributed by atoms with Crippen LogP contribution in [0.1, 0.15) is 52.7 Å². The van der Waals surface area contributed by atoms with E-state index in [-0.39, 0.29) is 13.0 Å². The van der Waals surface area contributed by atoms with Crippen LogP contribution in [0.15, 0.2) is 36.5 Å². The fraction of sp³-hybridized carbons (Fsp3) is 0.417. The largest absolute Gasteiger partial charge is 0.443 e. The number of nitriles is 1. The molecule has 3 rings (SSSR count). The molecule has 0 spiro atoms. The van der Waals surface area contributed by atoms with Crippen LogP contribution in [0.5, 0.6) is 0 Å². The number of carbonyl (C=O) groups is 2. The number of rotatable bonds is 1. The van der Waals surface area contributed by atoms with Crippen LogP contribution in [0, 0.1) is 11.3 Å². The zero-order valence-corrected chi connectivity index (χ0v) is 19.3. The molecule has 1 aromatic carbocycles. The van der Waals surface area contributed by atoms with Gasteiger partial charge in [-0.3, -0.25) is 4.90 Å². The van der Waals surface area contributed by atoms with Crippen LogP contribution in [-0.4, -0.2) is 28.4 Å². The average Bonchev–Trinajstić information content (AvgIpc) is 2.80. The Kier molecular flexibility index (Phi) is 6.13. The maximum Gasteiger partial charge on any atom is 0.420 e. The summed E-state index contributed by atoms with van der Waals surface area (Å²) in [5, 5.41) is 9.17. The van der Waals surface area contributed by atoms with Crippen LogP contribution >= 0.6 is 0 Å². The Morgan fingerprint density at radius 2 is 1.69 bits per heavy atom. The van der Waals surface area contributed by atoms with Crippen LogP contribution in [-0.2, 0) is 22.4 Å². The molecule has 2 amide bonds. The molecule has 0 atom stereocenters. The van der Waals surface area contributed by atoms with Crippen molar-refractivity contribution in [3.8, 4) is 6.07 Å². The second kappa shape index (κ2) is 8.50. The summed E-state index contributed by atoms with van der Waals surface area (Å²) < 4.78 is 11.3. The minimum atomic E-state index is -0.732. The summed E-state index contributed by atoms with van der Waals surface area (Å²) in [6.07, 6.45) is 0.572. The van der Waals surface area contributed by atoms with Gasteiger partial charge < -0.3 is 9.47 Å². The number of amides is 2. The molecule has 0 fully saturated rings. The molecule has 1 aromatic heterocycles. The second-order valence-electron chi connectivity index (χ2n) is 9.53. The molecule has 8 heteroatoms. The maximum atomic E-state index is 13.3. The second-order valence-corrected chi connectivity index (χ2v) is 9.53. The first-order chi connectivity index (χ1) is 14.9. The summed E-state index contributed by atoms with van der Waals surface area (Å²) in [5.41, 5.74) is 0.783. The number of hydrogen-bond donors (Lipinski definition) is 0. The van der Waals surface area contributed by atoms with Crippen LogP contribution in [0.3, 0.4) is 0 Å². The molecule has 2 aromatic rings. The molecule has 0 radical (unpaired) electrons. The Balaban J connectivity index is 2.22. The average molecular weight is 437 g/mol. The normalized spacial score (nSPS) is 13.4. The van der Waals surface area contributed by atoms with Crippen LogP contribution in [0.25, 0.3) is 0 Å². The fourth-order valence-electron chi connectivity index (χ4n) is 3.27. The van der Waals surface area contributed by atoms with E-state index in [1.165, 1.54) is 9.80 Å². The van der Waals surface area contributed by atoms with Crippen LogP contribution in [0.4, 0.5) is 26.8 Å². The van der Waals surface area contributed by atoms with E-state index in [1.54, 1.807) is 78.1 Å². The lowest BCUT2D eigenvalue weighted by Crippen LogP contribution is -2.37. The highest BCUT2D eigenvalue weighted by molar-refractivity contribution is 6.04. The standard InChI is InChI=1S/C24H28N4O4/c1-23(2,3)31-21(29)27-15-17-8-7-13-26-20(17)28(22(30)32-24(4,5)6)18-10-9-16(11-12-25)14-19(18)27/h7-10,13-14H,11,15H2,1-6H3. The molecule has 2 heterocycles. The quantitative estimate of drug-likeness (QED) is 0.588. The number of fused-ring (bicyclic) bond motifs is 2. The van der Waals surface area contributed by atoms with Crippen molar-refractivity contribution in [1.29, 1.82) is 5.26 Å². The maximum absolute atomic E-state index is 13.3. The van der Waals surface area contributed by atoms with Crippen molar-refractivity contribution in [3.05, 3.63) is 47.7 Å². The lowest BCUT2D eigenvalue weighted by Gasteiger charge is -2.29. The van der Waals surface area contributed by atoms with E-state index < -0.39 is 23.4 Å². The van der Waals surface area contributed by atoms with Crippen molar-refractivity contribution in [2.24, 2.45) is 0 Å². The summed E-state index contributed by atoms with van der Waals surface area (Å²) in [5.74, 6) is 0.377. The summed E-state index contributed by atoms with van der Waals surface area (Å²) in [6, 6.07) is 10.8. The molecular formula is C24H28N4O4. The molecule has 8 nitrogen and oxygen atoms in total. The van der Waals surface area contributed by atoms with Gasteiger partial charge in [0.05, 0.1) is 30.4 Å². The predicted molar refractivity (Wildman–Crippen MR) is 121 cm³/mol. The topological polar surface area (TPSA) is 95.8 Å². The molecule has 0 unspecified atom stereocenters. The molecular weight excluding hydrogens is 408 g/mol. The first kappa shape index (κ1) is 23.1. The van der Waals surface area contributed by atoms with E-state index >= 15 is 0 Å². The highest BCUT2D eigenvalue weighted by Gasteiger charge is 2.36. The van der Waals surface area contributed by atoms with Crippen molar-refractivity contribution in [1.82, 2.24) is 4.98 Å². The third kappa shape index (κ3) is 5.17. The van der Waals surface area contributed by atoms with Gasteiger partial charge >= 0.3 is 12.2 Å². The molecule has 0 saturated carbocycles. The Hall–Kier alpha value is -3.60. The van der Waals surface area contributed by atoms with Gasteiger partial charge in [-0.1, -0.05) is 12.1 Å². The fourth-order valence-corrected chi connectivity index (χ4v) is 3.27. The molecule has 32 heavy (non-hydrogen) atoms. The zero-order valence-electron chi connectivity index (χ0n) is 19.3. The lowest BCUT2D eigenvalue weighted by atomic mass is 10.1.